The van der Waals surface area contributed by atoms with Gasteiger partial charge in [-0.15, -0.1) is 0 Å². The minimum Gasteiger partial charge on any atom is -0.494 e. The van der Waals surface area contributed by atoms with E-state index in [2.05, 4.69) is 24.0 Å². The largest absolute Gasteiger partial charge is 0.494 e. The lowest BCUT2D eigenvalue weighted by atomic mass is 10.1. The number of rotatable bonds is 9. The lowest BCUT2D eigenvalue weighted by molar-refractivity contribution is 0.304. The van der Waals surface area contributed by atoms with Crippen LogP contribution in [0.25, 0.3) is 5.69 Å². The number of unbranched alkanes of at least 4 members (excludes halogenated alkanes) is 5. The Morgan fingerprint density at radius 1 is 1.00 bits per heavy atom. The minimum atomic E-state index is 0.816. The van der Waals surface area contributed by atoms with Gasteiger partial charge in [0.2, 0.25) is 0 Å². The fourth-order valence-corrected chi connectivity index (χ4v) is 2.20. The lowest BCUT2D eigenvalue weighted by Gasteiger charge is -2.07. The van der Waals surface area contributed by atoms with Crippen LogP contribution < -0.4 is 4.74 Å². The molecule has 0 spiro atoms. The summed E-state index contributed by atoms with van der Waals surface area (Å²) in [5.74, 6) is 0.947. The van der Waals surface area contributed by atoms with Gasteiger partial charge in [0.05, 0.1) is 12.9 Å². The van der Waals surface area contributed by atoms with Crippen molar-refractivity contribution >= 4 is 0 Å². The number of hydrogen-bond donors (Lipinski definition) is 0. The maximum Gasteiger partial charge on any atom is 0.119 e. The number of aromatic nitrogens is 2. The van der Waals surface area contributed by atoms with Gasteiger partial charge in [-0.05, 0) is 30.7 Å². The molecular weight excluding hydrogens is 248 g/mol. The van der Waals surface area contributed by atoms with Crippen LogP contribution in [-0.4, -0.2) is 16.2 Å². The SMILES string of the molecule is CCCCCCCCOc1ccc(-n2ccnc2)cc1. The molecule has 20 heavy (non-hydrogen) atoms. The van der Waals surface area contributed by atoms with Gasteiger partial charge in [0.15, 0.2) is 0 Å². The Morgan fingerprint density at radius 2 is 1.75 bits per heavy atom. The van der Waals surface area contributed by atoms with E-state index in [1.165, 1.54) is 32.1 Å². The fourth-order valence-electron chi connectivity index (χ4n) is 2.20. The Balaban J connectivity index is 1.67. The van der Waals surface area contributed by atoms with E-state index in [9.17, 15) is 0 Å². The van der Waals surface area contributed by atoms with Crippen LogP contribution in [0.2, 0.25) is 0 Å². The number of ether oxygens (including phenoxy) is 1. The molecule has 0 saturated heterocycles. The molecule has 108 valence electrons. The molecule has 0 atom stereocenters. The first-order valence-corrected chi connectivity index (χ1v) is 7.61. The molecule has 3 nitrogen and oxygen atoms in total. The highest BCUT2D eigenvalue weighted by Crippen LogP contribution is 2.15. The summed E-state index contributed by atoms with van der Waals surface area (Å²) >= 11 is 0. The van der Waals surface area contributed by atoms with Crippen molar-refractivity contribution in [3.63, 3.8) is 0 Å². The average molecular weight is 272 g/mol. The van der Waals surface area contributed by atoms with Crippen molar-refractivity contribution in [2.45, 2.75) is 45.4 Å². The van der Waals surface area contributed by atoms with E-state index in [-0.39, 0.29) is 0 Å². The van der Waals surface area contributed by atoms with Crippen molar-refractivity contribution in [1.29, 1.82) is 0 Å². The molecule has 1 heterocycles. The summed E-state index contributed by atoms with van der Waals surface area (Å²) in [6, 6.07) is 8.15. The van der Waals surface area contributed by atoms with Crippen LogP contribution in [0, 0.1) is 0 Å². The first kappa shape index (κ1) is 14.6. The molecule has 0 aliphatic carbocycles. The average Bonchev–Trinajstić information content (AvgIpc) is 3.01. The number of benzene rings is 1. The third-order valence-electron chi connectivity index (χ3n) is 3.41. The predicted octanol–water partition coefficient (Wildman–Crippen LogP) is 4.61. The second-order valence-electron chi connectivity index (χ2n) is 5.08. The third kappa shape index (κ3) is 4.72. The van der Waals surface area contributed by atoms with Crippen LogP contribution in [-0.2, 0) is 0 Å². The summed E-state index contributed by atoms with van der Waals surface area (Å²) in [6.45, 7) is 3.06. The molecule has 0 bridgehead atoms. The lowest BCUT2D eigenvalue weighted by Crippen LogP contribution is -1.97. The van der Waals surface area contributed by atoms with Gasteiger partial charge in [0.25, 0.3) is 0 Å². The van der Waals surface area contributed by atoms with Gasteiger partial charge >= 0.3 is 0 Å². The van der Waals surface area contributed by atoms with E-state index in [0.717, 1.165) is 24.5 Å². The summed E-state index contributed by atoms with van der Waals surface area (Å²) in [7, 11) is 0. The molecule has 3 heteroatoms. The summed E-state index contributed by atoms with van der Waals surface area (Å²) < 4.78 is 7.74. The van der Waals surface area contributed by atoms with Crippen molar-refractivity contribution in [2.24, 2.45) is 0 Å². The Labute approximate surface area is 121 Å². The maximum absolute atomic E-state index is 5.76. The zero-order chi connectivity index (χ0) is 14.0. The van der Waals surface area contributed by atoms with Crippen molar-refractivity contribution in [2.75, 3.05) is 6.61 Å². The Hall–Kier alpha value is -1.77. The second-order valence-corrected chi connectivity index (χ2v) is 5.08. The molecule has 0 fully saturated rings. The molecule has 0 radical (unpaired) electrons. The number of hydrogen-bond acceptors (Lipinski definition) is 2. The van der Waals surface area contributed by atoms with Crippen LogP contribution in [0.15, 0.2) is 43.0 Å². The number of imidazole rings is 1. The van der Waals surface area contributed by atoms with Gasteiger partial charge in [-0.3, -0.25) is 0 Å². The van der Waals surface area contributed by atoms with E-state index < -0.39 is 0 Å². The monoisotopic (exact) mass is 272 g/mol. The molecule has 0 aliphatic rings. The third-order valence-corrected chi connectivity index (χ3v) is 3.41. The van der Waals surface area contributed by atoms with Crippen molar-refractivity contribution < 1.29 is 4.74 Å². The Bertz CT molecular complexity index is 462. The quantitative estimate of drug-likeness (QED) is 0.623. The van der Waals surface area contributed by atoms with Crippen LogP contribution in [0.3, 0.4) is 0 Å². The molecule has 0 N–H and O–H groups in total. The minimum absolute atomic E-state index is 0.816. The Morgan fingerprint density at radius 3 is 2.45 bits per heavy atom. The van der Waals surface area contributed by atoms with Crippen LogP contribution >= 0.6 is 0 Å². The first-order chi connectivity index (χ1) is 9.90. The van der Waals surface area contributed by atoms with Crippen molar-refractivity contribution in [1.82, 2.24) is 9.55 Å². The smallest absolute Gasteiger partial charge is 0.119 e. The molecule has 0 aliphatic heterocycles. The summed E-state index contributed by atoms with van der Waals surface area (Å²) in [4.78, 5) is 4.04. The second kappa shape index (κ2) is 8.41. The van der Waals surface area contributed by atoms with Gasteiger partial charge in [-0.25, -0.2) is 4.98 Å². The van der Waals surface area contributed by atoms with E-state index in [1.807, 2.05) is 22.9 Å². The molecule has 2 aromatic rings. The van der Waals surface area contributed by atoms with Gasteiger partial charge in [-0.2, -0.15) is 0 Å². The zero-order valence-electron chi connectivity index (χ0n) is 12.3. The van der Waals surface area contributed by atoms with Gasteiger partial charge in [0, 0.05) is 18.1 Å². The Kier molecular flexibility index (Phi) is 6.15. The molecule has 0 unspecified atom stereocenters. The fraction of sp³-hybridized carbons (Fsp3) is 0.471. The normalized spacial score (nSPS) is 10.7. The van der Waals surface area contributed by atoms with Crippen LogP contribution in [0.1, 0.15) is 45.4 Å². The van der Waals surface area contributed by atoms with Crippen LogP contribution in [0.5, 0.6) is 5.75 Å². The van der Waals surface area contributed by atoms with Gasteiger partial charge in [0.1, 0.15) is 5.75 Å². The van der Waals surface area contributed by atoms with E-state index >= 15 is 0 Å². The molecule has 2 rings (SSSR count). The van der Waals surface area contributed by atoms with Gasteiger partial charge < -0.3 is 9.30 Å². The highest BCUT2D eigenvalue weighted by atomic mass is 16.5. The maximum atomic E-state index is 5.76. The molecule has 1 aromatic carbocycles. The summed E-state index contributed by atoms with van der Waals surface area (Å²) in [6.07, 6.45) is 13.3. The zero-order valence-corrected chi connectivity index (χ0v) is 12.3. The van der Waals surface area contributed by atoms with Crippen molar-refractivity contribution in [3.8, 4) is 11.4 Å². The molecule has 0 saturated carbocycles. The summed E-state index contributed by atoms with van der Waals surface area (Å²) in [5.41, 5.74) is 1.11. The van der Waals surface area contributed by atoms with E-state index in [1.54, 1.807) is 12.5 Å². The first-order valence-electron chi connectivity index (χ1n) is 7.61. The van der Waals surface area contributed by atoms with E-state index in [0.29, 0.717) is 0 Å². The molecule has 0 amide bonds. The molecule has 1 aromatic heterocycles. The van der Waals surface area contributed by atoms with Crippen molar-refractivity contribution in [3.05, 3.63) is 43.0 Å². The van der Waals surface area contributed by atoms with Crippen LogP contribution in [0.4, 0.5) is 0 Å². The number of nitrogens with zero attached hydrogens (tertiary/aromatic N) is 2. The highest BCUT2D eigenvalue weighted by Gasteiger charge is 1.97. The predicted molar refractivity (Wildman–Crippen MR) is 82.4 cm³/mol. The standard InChI is InChI=1S/C17H24N2O/c1-2-3-4-5-6-7-14-20-17-10-8-16(9-11-17)19-13-12-18-15-19/h8-13,15H,2-7,14H2,1H3. The molecular formula is C17H24N2O. The highest BCUT2D eigenvalue weighted by molar-refractivity contribution is 5.37. The topological polar surface area (TPSA) is 27.1 Å². The summed E-state index contributed by atoms with van der Waals surface area (Å²) in [5, 5.41) is 0. The van der Waals surface area contributed by atoms with Gasteiger partial charge in [-0.1, -0.05) is 39.0 Å². The van der Waals surface area contributed by atoms with E-state index in [4.69, 9.17) is 4.74 Å².